The molecule has 0 bridgehead atoms. The molecule has 122 valence electrons. The van der Waals surface area contributed by atoms with Gasteiger partial charge in [-0.3, -0.25) is 4.79 Å². The lowest BCUT2D eigenvalue weighted by molar-refractivity contribution is -0.147. The Bertz CT molecular complexity index is 491. The molecule has 1 heterocycles. The maximum absolute atomic E-state index is 12.6. The van der Waals surface area contributed by atoms with E-state index in [1.54, 1.807) is 38.3 Å². The summed E-state index contributed by atoms with van der Waals surface area (Å²) in [5.41, 5.74) is 7.19. The highest BCUT2D eigenvalue weighted by Gasteiger charge is 2.38. The van der Waals surface area contributed by atoms with Crippen molar-refractivity contribution in [2.75, 3.05) is 34.5 Å². The molecule has 0 spiro atoms. The third-order valence-corrected chi connectivity index (χ3v) is 4.15. The van der Waals surface area contributed by atoms with Gasteiger partial charge in [0.15, 0.2) is 0 Å². The first-order chi connectivity index (χ1) is 10.6. The van der Waals surface area contributed by atoms with E-state index >= 15 is 0 Å². The van der Waals surface area contributed by atoms with Gasteiger partial charge in [0.25, 0.3) is 5.91 Å². The van der Waals surface area contributed by atoms with E-state index in [1.165, 1.54) is 0 Å². The van der Waals surface area contributed by atoms with Crippen LogP contribution in [0.4, 0.5) is 0 Å². The van der Waals surface area contributed by atoms with Crippen LogP contribution in [0.2, 0.25) is 0 Å². The molecule has 1 saturated heterocycles. The maximum Gasteiger partial charge on any atom is 0.254 e. The van der Waals surface area contributed by atoms with Gasteiger partial charge in [0, 0.05) is 33.4 Å². The summed E-state index contributed by atoms with van der Waals surface area (Å²) in [5.74, 6) is -0.0732. The molecular formula is C16H24N2O4. The number of amides is 1. The van der Waals surface area contributed by atoms with Gasteiger partial charge < -0.3 is 24.8 Å². The Balaban J connectivity index is 2.13. The molecule has 1 aliphatic rings. The molecule has 1 aliphatic heterocycles. The highest BCUT2D eigenvalue weighted by molar-refractivity contribution is 5.94. The average Bonchev–Trinajstić information content (AvgIpc) is 2.59. The number of carbonyl (C=O) groups is 1. The van der Waals surface area contributed by atoms with Crippen molar-refractivity contribution in [2.45, 2.75) is 24.8 Å². The monoisotopic (exact) mass is 308 g/mol. The molecule has 3 atom stereocenters. The zero-order chi connectivity index (χ0) is 16.1. The number of hydrogen-bond donors (Lipinski definition) is 1. The minimum Gasteiger partial charge on any atom is -0.376 e. The first-order valence-electron chi connectivity index (χ1n) is 7.31. The minimum atomic E-state index is -0.212. The molecular weight excluding hydrogens is 284 g/mol. The van der Waals surface area contributed by atoms with E-state index in [0.29, 0.717) is 25.3 Å². The Kier molecular flexibility index (Phi) is 5.90. The highest BCUT2D eigenvalue weighted by atomic mass is 16.6. The van der Waals surface area contributed by atoms with E-state index < -0.39 is 0 Å². The van der Waals surface area contributed by atoms with E-state index in [-0.39, 0.29) is 24.2 Å². The second-order valence-corrected chi connectivity index (χ2v) is 5.40. The Morgan fingerprint density at radius 2 is 1.95 bits per heavy atom. The molecule has 2 rings (SSSR count). The first kappa shape index (κ1) is 16.9. The fourth-order valence-electron chi connectivity index (χ4n) is 2.72. The van der Waals surface area contributed by atoms with Crippen LogP contribution in [0.15, 0.2) is 24.3 Å². The molecule has 6 nitrogen and oxygen atoms in total. The lowest BCUT2D eigenvalue weighted by Gasteiger charge is -2.40. The van der Waals surface area contributed by atoms with Gasteiger partial charge in [-0.1, -0.05) is 12.1 Å². The Morgan fingerprint density at radius 1 is 1.27 bits per heavy atom. The summed E-state index contributed by atoms with van der Waals surface area (Å²) in [6.07, 6.45) is -0.394. The molecule has 6 heteroatoms. The summed E-state index contributed by atoms with van der Waals surface area (Å²) in [5, 5.41) is 0. The molecule has 1 fully saturated rings. The molecule has 22 heavy (non-hydrogen) atoms. The van der Waals surface area contributed by atoms with Gasteiger partial charge in [0.1, 0.15) is 12.2 Å². The Morgan fingerprint density at radius 3 is 2.50 bits per heavy atom. The highest BCUT2D eigenvalue weighted by Crippen LogP contribution is 2.20. The van der Waals surface area contributed by atoms with Crippen LogP contribution in [0.25, 0.3) is 0 Å². The third-order valence-electron chi connectivity index (χ3n) is 4.15. The molecule has 0 unspecified atom stereocenters. The van der Waals surface area contributed by atoms with Crippen LogP contribution < -0.4 is 5.73 Å². The topological polar surface area (TPSA) is 74.0 Å². The minimum absolute atomic E-state index is 0.0732. The van der Waals surface area contributed by atoms with E-state index in [2.05, 4.69) is 0 Å². The standard InChI is InChI=1S/C16H24N2O4/c1-18(13-9-22-10-14(20-2)15(13)21-3)16(19)12-6-4-11(8-17)5-7-12/h4-7,13-15H,8-10,17H2,1-3H3/t13-,14-,15+/m1/s1. The van der Waals surface area contributed by atoms with Crippen molar-refractivity contribution in [3.8, 4) is 0 Å². The van der Waals surface area contributed by atoms with Crippen molar-refractivity contribution in [3.05, 3.63) is 35.4 Å². The number of ether oxygens (including phenoxy) is 3. The van der Waals surface area contributed by atoms with Crippen molar-refractivity contribution in [1.82, 2.24) is 4.90 Å². The molecule has 2 N–H and O–H groups in total. The first-order valence-corrected chi connectivity index (χ1v) is 7.31. The third kappa shape index (κ3) is 3.47. The van der Waals surface area contributed by atoms with Gasteiger partial charge in [-0.15, -0.1) is 0 Å². The number of methoxy groups -OCH3 is 2. The second-order valence-electron chi connectivity index (χ2n) is 5.40. The fourth-order valence-corrected chi connectivity index (χ4v) is 2.72. The van der Waals surface area contributed by atoms with Crippen molar-refractivity contribution in [2.24, 2.45) is 5.73 Å². The van der Waals surface area contributed by atoms with Crippen LogP contribution in [-0.2, 0) is 20.8 Å². The number of nitrogens with two attached hydrogens (primary N) is 1. The van der Waals surface area contributed by atoms with Gasteiger partial charge in [-0.05, 0) is 17.7 Å². The molecule has 0 radical (unpaired) electrons. The summed E-state index contributed by atoms with van der Waals surface area (Å²) in [4.78, 5) is 14.3. The number of carbonyl (C=O) groups excluding carboxylic acids is 1. The zero-order valence-corrected chi connectivity index (χ0v) is 13.3. The summed E-state index contributed by atoms with van der Waals surface area (Å²) in [7, 11) is 5.01. The molecule has 0 aromatic heterocycles. The van der Waals surface area contributed by atoms with Crippen LogP contribution >= 0.6 is 0 Å². The Hall–Kier alpha value is -1.47. The number of nitrogens with zero attached hydrogens (tertiary/aromatic N) is 1. The number of benzene rings is 1. The van der Waals surface area contributed by atoms with Crippen molar-refractivity contribution in [1.29, 1.82) is 0 Å². The predicted molar refractivity (Wildman–Crippen MR) is 82.6 cm³/mol. The van der Waals surface area contributed by atoms with E-state index in [1.807, 2.05) is 12.1 Å². The van der Waals surface area contributed by atoms with Crippen LogP contribution in [-0.4, -0.2) is 63.5 Å². The van der Waals surface area contributed by atoms with Gasteiger partial charge in [-0.25, -0.2) is 0 Å². The van der Waals surface area contributed by atoms with Crippen molar-refractivity contribution >= 4 is 5.91 Å². The number of hydrogen-bond acceptors (Lipinski definition) is 5. The largest absolute Gasteiger partial charge is 0.376 e. The molecule has 1 aromatic rings. The summed E-state index contributed by atoms with van der Waals surface area (Å²) in [6, 6.07) is 7.13. The quantitative estimate of drug-likeness (QED) is 0.864. The Labute approximate surface area is 131 Å². The van der Waals surface area contributed by atoms with Gasteiger partial charge >= 0.3 is 0 Å². The van der Waals surface area contributed by atoms with Gasteiger partial charge in [0.05, 0.1) is 19.3 Å². The van der Waals surface area contributed by atoms with Crippen LogP contribution in [0.5, 0.6) is 0 Å². The normalized spacial score (nSPS) is 25.0. The second kappa shape index (κ2) is 7.69. The van der Waals surface area contributed by atoms with Gasteiger partial charge in [-0.2, -0.15) is 0 Å². The van der Waals surface area contributed by atoms with E-state index in [9.17, 15) is 4.79 Å². The molecule has 0 aliphatic carbocycles. The van der Waals surface area contributed by atoms with E-state index in [4.69, 9.17) is 19.9 Å². The smallest absolute Gasteiger partial charge is 0.254 e. The van der Waals surface area contributed by atoms with Crippen molar-refractivity contribution in [3.63, 3.8) is 0 Å². The van der Waals surface area contributed by atoms with Gasteiger partial charge in [0.2, 0.25) is 0 Å². The van der Waals surface area contributed by atoms with Crippen LogP contribution in [0, 0.1) is 0 Å². The number of rotatable bonds is 5. The molecule has 0 saturated carbocycles. The maximum atomic E-state index is 12.6. The number of likely N-dealkylation sites (N-methyl/N-ethyl adjacent to an activating group) is 1. The average molecular weight is 308 g/mol. The van der Waals surface area contributed by atoms with Crippen molar-refractivity contribution < 1.29 is 19.0 Å². The SMILES string of the molecule is CO[C@H]1[C@H](N(C)C(=O)c2ccc(CN)cc2)COC[C@H]1OC. The zero-order valence-electron chi connectivity index (χ0n) is 13.3. The summed E-state index contributed by atoms with van der Waals surface area (Å²) < 4.78 is 16.5. The van der Waals surface area contributed by atoms with Crippen LogP contribution in [0.1, 0.15) is 15.9 Å². The summed E-state index contributed by atoms with van der Waals surface area (Å²) in [6.45, 7) is 1.36. The molecule has 1 amide bonds. The summed E-state index contributed by atoms with van der Waals surface area (Å²) >= 11 is 0. The molecule has 1 aromatic carbocycles. The predicted octanol–water partition coefficient (Wildman–Crippen LogP) is 0.646. The lowest BCUT2D eigenvalue weighted by Crippen LogP contribution is -2.57. The fraction of sp³-hybridized carbons (Fsp3) is 0.562. The van der Waals surface area contributed by atoms with E-state index in [0.717, 1.165) is 5.56 Å². The lowest BCUT2D eigenvalue weighted by atomic mass is 10.0. The van der Waals surface area contributed by atoms with Crippen LogP contribution in [0.3, 0.4) is 0 Å².